The Hall–Kier alpha value is -1.78. The molecule has 4 rings (SSSR count). The van der Waals surface area contributed by atoms with Crippen LogP contribution in [0.15, 0.2) is 23.8 Å². The fraction of sp³-hybridized carbons (Fsp3) is 0.632. The Bertz CT molecular complexity index is 723. The normalized spacial score (nSPS) is 47.3. The molecule has 4 aliphatic rings. The Morgan fingerprint density at radius 1 is 1.12 bits per heavy atom. The third kappa shape index (κ3) is 1.76. The highest BCUT2D eigenvalue weighted by Gasteiger charge is 2.70. The molecule has 0 radical (unpaired) electrons. The average Bonchev–Trinajstić information content (AvgIpc) is 2.49. The van der Waals surface area contributed by atoms with Crippen molar-refractivity contribution in [3.63, 3.8) is 0 Å². The summed E-state index contributed by atoms with van der Waals surface area (Å²) < 4.78 is 21.9. The predicted molar refractivity (Wildman–Crippen MR) is 83.7 cm³/mol. The Balaban J connectivity index is 1.82. The maximum Gasteiger partial charge on any atom is 0.306 e. The van der Waals surface area contributed by atoms with E-state index in [1.807, 2.05) is 0 Å². The molecule has 0 aromatic carbocycles. The van der Waals surface area contributed by atoms with Crippen LogP contribution in [0.3, 0.4) is 0 Å². The lowest BCUT2D eigenvalue weighted by atomic mass is 9.47. The topological polar surface area (TPSA) is 60.4 Å². The largest absolute Gasteiger partial charge is 0.459 e. The predicted octanol–water partition coefficient (Wildman–Crippen LogP) is 2.86. The number of esters is 1. The minimum Gasteiger partial charge on any atom is -0.459 e. The first kappa shape index (κ1) is 15.7. The molecule has 0 aromatic heterocycles. The molecule has 3 aliphatic carbocycles. The van der Waals surface area contributed by atoms with Gasteiger partial charge in [0.1, 0.15) is 5.60 Å². The minimum absolute atomic E-state index is 0.0962. The van der Waals surface area contributed by atoms with Gasteiger partial charge in [-0.05, 0) is 45.3 Å². The van der Waals surface area contributed by atoms with Gasteiger partial charge in [0.15, 0.2) is 17.2 Å². The molecule has 3 fully saturated rings. The number of carbonyl (C=O) groups is 3. The van der Waals surface area contributed by atoms with Gasteiger partial charge in [-0.3, -0.25) is 14.4 Å². The molecule has 0 N–H and O–H groups in total. The number of Topliss-reactive ketones (excluding diaryl/α,β-unsaturated/α-hetero) is 1. The van der Waals surface area contributed by atoms with E-state index in [9.17, 15) is 14.4 Å². The van der Waals surface area contributed by atoms with Crippen molar-refractivity contribution in [3.8, 4) is 0 Å². The third-order valence-electron chi connectivity index (χ3n) is 6.75. The summed E-state index contributed by atoms with van der Waals surface area (Å²) >= 11 is 0. The van der Waals surface area contributed by atoms with Crippen molar-refractivity contribution in [2.45, 2.75) is 57.2 Å². The number of ketones is 2. The lowest BCUT2D eigenvalue weighted by Crippen LogP contribution is -2.68. The first-order chi connectivity index (χ1) is 11.2. The zero-order chi connectivity index (χ0) is 17.3. The van der Waals surface area contributed by atoms with Gasteiger partial charge in [0, 0.05) is 30.1 Å². The van der Waals surface area contributed by atoms with Crippen molar-refractivity contribution < 1.29 is 23.5 Å². The zero-order valence-corrected chi connectivity index (χ0v) is 13.9. The van der Waals surface area contributed by atoms with Crippen LogP contribution in [0.1, 0.15) is 46.0 Å². The van der Waals surface area contributed by atoms with Crippen LogP contribution in [0.4, 0.5) is 4.39 Å². The number of allylic oxidation sites excluding steroid dienone is 4. The van der Waals surface area contributed by atoms with Gasteiger partial charge in [-0.15, -0.1) is 0 Å². The van der Waals surface area contributed by atoms with Gasteiger partial charge in [-0.1, -0.05) is 11.6 Å². The molecular weight excluding hydrogens is 311 g/mol. The number of rotatable bonds is 0. The molecule has 1 saturated heterocycles. The molecule has 5 heteroatoms. The van der Waals surface area contributed by atoms with E-state index < -0.39 is 28.4 Å². The van der Waals surface area contributed by atoms with Crippen molar-refractivity contribution in [1.82, 2.24) is 0 Å². The number of carbonyl (C=O) groups excluding carboxylic acids is 3. The van der Waals surface area contributed by atoms with E-state index in [1.165, 1.54) is 12.2 Å². The van der Waals surface area contributed by atoms with E-state index in [-0.39, 0.29) is 30.5 Å². The highest BCUT2D eigenvalue weighted by atomic mass is 19.1. The standard InChI is InChI=1S/C19H21FO4/c1-17-8-7-12(21)9-11(17)3-4-14-13-5-6-16(23)24-18(13,2)10-15(22)19(14,17)20/h7-9,13-14H,3-6,10H2,1-2H3/t13-,14+,17-,18+,19+/m0/s1. The summed E-state index contributed by atoms with van der Waals surface area (Å²) in [7, 11) is 0. The van der Waals surface area contributed by atoms with Gasteiger partial charge >= 0.3 is 5.97 Å². The second kappa shape index (κ2) is 4.64. The summed E-state index contributed by atoms with van der Waals surface area (Å²) in [6, 6.07) is 0. The van der Waals surface area contributed by atoms with Crippen LogP contribution in [0.5, 0.6) is 0 Å². The van der Waals surface area contributed by atoms with Gasteiger partial charge in [0.2, 0.25) is 0 Å². The summed E-state index contributed by atoms with van der Waals surface area (Å²) in [4.78, 5) is 36.4. The van der Waals surface area contributed by atoms with Crippen molar-refractivity contribution >= 4 is 17.5 Å². The summed E-state index contributed by atoms with van der Waals surface area (Å²) in [5.41, 5.74) is -3.32. The molecule has 5 atom stereocenters. The molecule has 0 aromatic rings. The molecule has 128 valence electrons. The Morgan fingerprint density at radius 2 is 1.83 bits per heavy atom. The fourth-order valence-electron chi connectivity index (χ4n) is 5.49. The number of hydrogen-bond donors (Lipinski definition) is 0. The molecule has 0 unspecified atom stereocenters. The Labute approximate surface area is 140 Å². The Kier molecular flexibility index (Phi) is 3.04. The van der Waals surface area contributed by atoms with E-state index in [4.69, 9.17) is 4.74 Å². The lowest BCUT2D eigenvalue weighted by Gasteiger charge is -2.59. The van der Waals surface area contributed by atoms with Crippen LogP contribution >= 0.6 is 0 Å². The first-order valence-electron chi connectivity index (χ1n) is 8.59. The lowest BCUT2D eigenvalue weighted by molar-refractivity contribution is -0.207. The smallest absolute Gasteiger partial charge is 0.306 e. The van der Waals surface area contributed by atoms with Gasteiger partial charge in [-0.25, -0.2) is 4.39 Å². The Morgan fingerprint density at radius 3 is 2.58 bits per heavy atom. The minimum atomic E-state index is -2.04. The summed E-state index contributed by atoms with van der Waals surface area (Å²) in [5, 5.41) is 0. The second-order valence-corrected chi connectivity index (χ2v) is 8.00. The van der Waals surface area contributed by atoms with Crippen molar-refractivity contribution in [2.75, 3.05) is 0 Å². The van der Waals surface area contributed by atoms with Crippen LogP contribution in [-0.2, 0) is 19.1 Å². The summed E-state index contributed by atoms with van der Waals surface area (Å²) in [6.07, 6.45) is 6.26. The van der Waals surface area contributed by atoms with Gasteiger partial charge in [0.25, 0.3) is 0 Å². The second-order valence-electron chi connectivity index (χ2n) is 8.00. The first-order valence-corrected chi connectivity index (χ1v) is 8.59. The fourth-order valence-corrected chi connectivity index (χ4v) is 5.49. The number of hydrogen-bond acceptors (Lipinski definition) is 4. The van der Waals surface area contributed by atoms with E-state index in [0.717, 1.165) is 0 Å². The van der Waals surface area contributed by atoms with E-state index in [1.54, 1.807) is 19.9 Å². The molecular formula is C19H21FO4. The highest BCUT2D eigenvalue weighted by molar-refractivity contribution is 6.02. The van der Waals surface area contributed by atoms with Crippen LogP contribution in [0.2, 0.25) is 0 Å². The summed E-state index contributed by atoms with van der Waals surface area (Å²) in [6.45, 7) is 3.49. The van der Waals surface area contributed by atoms with Crippen molar-refractivity contribution in [1.29, 1.82) is 0 Å². The monoisotopic (exact) mass is 332 g/mol. The SMILES string of the molecule is C[C@@]12CC(=O)[C@]3(F)[C@H](CCC4=CC(=O)C=C[C@@]43C)[C@@H]1CCC(=O)O2. The molecule has 0 spiro atoms. The van der Waals surface area contributed by atoms with Gasteiger partial charge in [-0.2, -0.15) is 0 Å². The average molecular weight is 332 g/mol. The number of halogens is 1. The highest BCUT2D eigenvalue weighted by Crippen LogP contribution is 2.63. The summed E-state index contributed by atoms with van der Waals surface area (Å²) in [5.74, 6) is -1.62. The van der Waals surface area contributed by atoms with Crippen LogP contribution in [0, 0.1) is 17.3 Å². The van der Waals surface area contributed by atoms with Crippen molar-refractivity contribution in [2.24, 2.45) is 17.3 Å². The van der Waals surface area contributed by atoms with E-state index >= 15 is 4.39 Å². The molecule has 4 nitrogen and oxygen atoms in total. The van der Waals surface area contributed by atoms with Gasteiger partial charge in [0.05, 0.1) is 0 Å². The number of alkyl halides is 1. The van der Waals surface area contributed by atoms with Crippen LogP contribution < -0.4 is 0 Å². The molecule has 0 amide bonds. The molecule has 1 heterocycles. The van der Waals surface area contributed by atoms with Crippen LogP contribution in [-0.4, -0.2) is 28.8 Å². The molecule has 24 heavy (non-hydrogen) atoms. The van der Waals surface area contributed by atoms with Crippen molar-refractivity contribution in [3.05, 3.63) is 23.8 Å². The molecule has 1 aliphatic heterocycles. The number of ether oxygens (including phenoxy) is 1. The van der Waals surface area contributed by atoms with E-state index in [0.29, 0.717) is 24.8 Å². The maximum atomic E-state index is 16.4. The van der Waals surface area contributed by atoms with E-state index in [2.05, 4.69) is 0 Å². The molecule has 0 bridgehead atoms. The van der Waals surface area contributed by atoms with Crippen LogP contribution in [0.25, 0.3) is 0 Å². The zero-order valence-electron chi connectivity index (χ0n) is 13.9. The molecule has 2 saturated carbocycles. The maximum absolute atomic E-state index is 16.4. The van der Waals surface area contributed by atoms with Gasteiger partial charge < -0.3 is 4.74 Å². The quantitative estimate of drug-likeness (QED) is 0.640. The third-order valence-corrected chi connectivity index (χ3v) is 6.75. The number of fused-ring (bicyclic) bond motifs is 5.